The predicted octanol–water partition coefficient (Wildman–Crippen LogP) is 1.56. The molecule has 0 saturated heterocycles. The topological polar surface area (TPSA) is 102 Å². The molecule has 0 fully saturated rings. The molecule has 2 aromatic heterocycles. The van der Waals surface area contributed by atoms with Crippen molar-refractivity contribution in [3.63, 3.8) is 0 Å². The molecule has 0 amide bonds. The molecular formula is C13H7N3O4. The van der Waals surface area contributed by atoms with Crippen molar-refractivity contribution in [2.45, 2.75) is 6.92 Å². The number of hydrogen-bond acceptors (Lipinski definition) is 6. The van der Waals surface area contributed by atoms with E-state index in [2.05, 4.69) is 5.16 Å². The lowest BCUT2D eigenvalue weighted by Crippen LogP contribution is -2.11. The fourth-order valence-electron chi connectivity index (χ4n) is 1.97. The predicted molar refractivity (Wildman–Crippen MR) is 66.7 cm³/mol. The molecule has 0 unspecified atom stereocenters. The standard InChI is InChI=1S/C13H7N3O4/c1-7-5-16(13(18)19-7)12-10-3-8(6-17)2-9(4-14)11(10)20-15-12/h2-3,5-6H,1H3. The van der Waals surface area contributed by atoms with Gasteiger partial charge < -0.3 is 8.94 Å². The zero-order valence-electron chi connectivity index (χ0n) is 10.3. The Bertz CT molecular complexity index is 923. The quantitative estimate of drug-likeness (QED) is 0.654. The van der Waals surface area contributed by atoms with Crippen LogP contribution in [0.2, 0.25) is 0 Å². The number of nitriles is 1. The number of carbonyl (C=O) groups excluding carboxylic acids is 1. The minimum absolute atomic E-state index is 0.177. The van der Waals surface area contributed by atoms with E-state index in [1.807, 2.05) is 6.07 Å². The van der Waals surface area contributed by atoms with Gasteiger partial charge in [0.05, 0.1) is 17.1 Å². The number of aryl methyl sites for hydroxylation is 1. The Morgan fingerprint density at radius 2 is 2.25 bits per heavy atom. The van der Waals surface area contributed by atoms with Crippen molar-refractivity contribution < 1.29 is 13.7 Å². The summed E-state index contributed by atoms with van der Waals surface area (Å²) in [6.45, 7) is 1.62. The molecule has 0 atom stereocenters. The Morgan fingerprint density at radius 3 is 2.85 bits per heavy atom. The van der Waals surface area contributed by atoms with Crippen LogP contribution in [-0.4, -0.2) is 16.0 Å². The van der Waals surface area contributed by atoms with E-state index < -0.39 is 5.76 Å². The molecule has 7 nitrogen and oxygen atoms in total. The van der Waals surface area contributed by atoms with Gasteiger partial charge in [-0.25, -0.2) is 9.36 Å². The second-order valence-corrected chi connectivity index (χ2v) is 4.16. The van der Waals surface area contributed by atoms with Gasteiger partial charge >= 0.3 is 5.76 Å². The maximum absolute atomic E-state index is 11.7. The molecular weight excluding hydrogens is 262 g/mol. The molecule has 0 spiro atoms. The summed E-state index contributed by atoms with van der Waals surface area (Å²) in [6, 6.07) is 4.83. The number of fused-ring (bicyclic) bond motifs is 1. The first kappa shape index (κ1) is 11.9. The van der Waals surface area contributed by atoms with Gasteiger partial charge in [-0.3, -0.25) is 4.79 Å². The third kappa shape index (κ3) is 1.63. The molecule has 0 aliphatic rings. The maximum atomic E-state index is 11.7. The maximum Gasteiger partial charge on any atom is 0.425 e. The third-order valence-electron chi connectivity index (χ3n) is 2.82. The van der Waals surface area contributed by atoms with Crippen LogP contribution in [0.25, 0.3) is 16.8 Å². The van der Waals surface area contributed by atoms with Gasteiger partial charge in [0.2, 0.25) is 0 Å². The molecule has 98 valence electrons. The number of carbonyl (C=O) groups is 1. The normalized spacial score (nSPS) is 10.6. The number of benzene rings is 1. The average Bonchev–Trinajstić information content (AvgIpc) is 3.00. The number of aldehydes is 1. The lowest BCUT2D eigenvalue weighted by molar-refractivity contribution is 0.112. The highest BCUT2D eigenvalue weighted by Gasteiger charge is 2.17. The van der Waals surface area contributed by atoms with Crippen molar-refractivity contribution in [3.8, 4) is 11.9 Å². The summed E-state index contributed by atoms with van der Waals surface area (Å²) in [5.41, 5.74) is 0.697. The first-order valence-electron chi connectivity index (χ1n) is 5.62. The minimum Gasteiger partial charge on any atom is -0.413 e. The molecule has 0 bridgehead atoms. The van der Waals surface area contributed by atoms with Crippen LogP contribution < -0.4 is 5.76 Å². The van der Waals surface area contributed by atoms with Crippen molar-refractivity contribution in [1.82, 2.24) is 9.72 Å². The smallest absolute Gasteiger partial charge is 0.413 e. The van der Waals surface area contributed by atoms with Gasteiger partial charge in [0.1, 0.15) is 18.1 Å². The molecule has 0 radical (unpaired) electrons. The fraction of sp³-hybridized carbons (Fsp3) is 0.0769. The number of aromatic nitrogens is 2. The van der Waals surface area contributed by atoms with Crippen LogP contribution in [0.5, 0.6) is 0 Å². The Kier molecular flexibility index (Phi) is 2.51. The van der Waals surface area contributed by atoms with E-state index in [1.54, 1.807) is 6.92 Å². The first-order valence-corrected chi connectivity index (χ1v) is 5.62. The van der Waals surface area contributed by atoms with Gasteiger partial charge in [-0.05, 0) is 19.1 Å². The Labute approximate surface area is 111 Å². The van der Waals surface area contributed by atoms with Crippen LogP contribution >= 0.6 is 0 Å². The van der Waals surface area contributed by atoms with Gasteiger partial charge in [-0.1, -0.05) is 5.16 Å². The molecule has 0 aliphatic heterocycles. The van der Waals surface area contributed by atoms with Crippen molar-refractivity contribution in [3.05, 3.63) is 45.8 Å². The summed E-state index contributed by atoms with van der Waals surface area (Å²) in [6.07, 6.45) is 2.07. The number of oxazole rings is 1. The molecule has 7 heteroatoms. The van der Waals surface area contributed by atoms with Gasteiger partial charge in [0, 0.05) is 5.56 Å². The average molecular weight is 269 g/mol. The Morgan fingerprint density at radius 1 is 1.45 bits per heavy atom. The molecule has 1 aromatic carbocycles. The summed E-state index contributed by atoms with van der Waals surface area (Å²) in [5, 5.41) is 13.2. The van der Waals surface area contributed by atoms with E-state index in [0.29, 0.717) is 23.0 Å². The van der Waals surface area contributed by atoms with Crippen LogP contribution in [-0.2, 0) is 0 Å². The van der Waals surface area contributed by atoms with Crippen LogP contribution in [0.3, 0.4) is 0 Å². The number of rotatable bonds is 2. The van der Waals surface area contributed by atoms with E-state index in [1.165, 1.54) is 18.3 Å². The van der Waals surface area contributed by atoms with Gasteiger partial charge in [-0.2, -0.15) is 5.26 Å². The van der Waals surface area contributed by atoms with Crippen LogP contribution in [0.4, 0.5) is 0 Å². The van der Waals surface area contributed by atoms with E-state index in [9.17, 15) is 9.59 Å². The monoisotopic (exact) mass is 269 g/mol. The van der Waals surface area contributed by atoms with Crippen LogP contribution in [0.15, 0.2) is 32.1 Å². The zero-order valence-corrected chi connectivity index (χ0v) is 10.3. The fourth-order valence-corrected chi connectivity index (χ4v) is 1.97. The highest BCUT2D eigenvalue weighted by Crippen LogP contribution is 2.25. The SMILES string of the molecule is Cc1cn(-c2noc3c(C#N)cc(C=O)cc23)c(=O)o1. The van der Waals surface area contributed by atoms with Crippen molar-refractivity contribution in [2.24, 2.45) is 0 Å². The van der Waals surface area contributed by atoms with E-state index in [0.717, 1.165) is 4.57 Å². The second kappa shape index (κ2) is 4.20. The van der Waals surface area contributed by atoms with E-state index >= 15 is 0 Å². The Hall–Kier alpha value is -3.14. The zero-order chi connectivity index (χ0) is 14.3. The summed E-state index contributed by atoms with van der Waals surface area (Å²) in [5.74, 6) is -0.0204. The molecule has 20 heavy (non-hydrogen) atoms. The van der Waals surface area contributed by atoms with Crippen molar-refractivity contribution >= 4 is 17.3 Å². The molecule has 3 rings (SSSR count). The lowest BCUT2D eigenvalue weighted by atomic mass is 10.1. The summed E-state index contributed by atoms with van der Waals surface area (Å²) in [4.78, 5) is 22.6. The summed E-state index contributed by atoms with van der Waals surface area (Å²) >= 11 is 0. The second-order valence-electron chi connectivity index (χ2n) is 4.16. The minimum atomic E-state index is -0.618. The van der Waals surface area contributed by atoms with E-state index in [4.69, 9.17) is 14.2 Å². The summed E-state index contributed by atoms with van der Waals surface area (Å²) < 4.78 is 11.2. The molecule has 0 aliphatic carbocycles. The van der Waals surface area contributed by atoms with Crippen LogP contribution in [0, 0.1) is 18.3 Å². The summed E-state index contributed by atoms with van der Waals surface area (Å²) in [7, 11) is 0. The van der Waals surface area contributed by atoms with Gasteiger partial charge in [0.25, 0.3) is 0 Å². The van der Waals surface area contributed by atoms with Crippen molar-refractivity contribution in [2.75, 3.05) is 0 Å². The number of hydrogen-bond donors (Lipinski definition) is 0. The van der Waals surface area contributed by atoms with Crippen molar-refractivity contribution in [1.29, 1.82) is 5.26 Å². The highest BCUT2D eigenvalue weighted by atomic mass is 16.5. The van der Waals surface area contributed by atoms with Gasteiger partial charge in [-0.15, -0.1) is 0 Å². The Balaban J connectivity index is 2.39. The van der Waals surface area contributed by atoms with E-state index in [-0.39, 0.29) is 17.0 Å². The third-order valence-corrected chi connectivity index (χ3v) is 2.82. The molecule has 2 heterocycles. The molecule has 3 aromatic rings. The molecule has 0 N–H and O–H groups in total. The first-order chi connectivity index (χ1) is 9.63. The van der Waals surface area contributed by atoms with Crippen LogP contribution in [0.1, 0.15) is 21.7 Å². The molecule has 0 saturated carbocycles. The van der Waals surface area contributed by atoms with Gasteiger partial charge in [0.15, 0.2) is 11.4 Å². The largest absolute Gasteiger partial charge is 0.425 e. The lowest BCUT2D eigenvalue weighted by Gasteiger charge is -1.96. The number of nitrogens with zero attached hydrogens (tertiary/aromatic N) is 3. The highest BCUT2D eigenvalue weighted by molar-refractivity contribution is 5.93.